The van der Waals surface area contributed by atoms with Gasteiger partial charge in [-0.15, -0.1) is 0 Å². The Bertz CT molecular complexity index is 494. The molecular formula is C17H25N3O3. The van der Waals surface area contributed by atoms with E-state index in [9.17, 15) is 4.79 Å². The van der Waals surface area contributed by atoms with Crippen LogP contribution >= 0.6 is 0 Å². The normalized spacial score (nSPS) is 21.9. The summed E-state index contributed by atoms with van der Waals surface area (Å²) in [6, 6.07) is 3.72. The van der Waals surface area contributed by atoms with Gasteiger partial charge in [-0.1, -0.05) is 0 Å². The molecule has 2 saturated heterocycles. The Hall–Kier alpha value is -1.66. The molecular weight excluding hydrogens is 294 g/mol. The van der Waals surface area contributed by atoms with Gasteiger partial charge in [0.15, 0.2) is 0 Å². The van der Waals surface area contributed by atoms with Gasteiger partial charge in [-0.3, -0.25) is 4.79 Å². The highest BCUT2D eigenvalue weighted by atomic mass is 16.5. The van der Waals surface area contributed by atoms with Crippen molar-refractivity contribution in [1.82, 2.24) is 9.88 Å². The number of amides is 1. The third-order valence-electron chi connectivity index (χ3n) is 4.42. The molecule has 6 heteroatoms. The lowest BCUT2D eigenvalue weighted by Gasteiger charge is -2.26. The zero-order valence-corrected chi connectivity index (χ0v) is 13.5. The Morgan fingerprint density at radius 3 is 2.83 bits per heavy atom. The second-order valence-electron chi connectivity index (χ2n) is 6.14. The molecule has 0 radical (unpaired) electrons. The quantitative estimate of drug-likeness (QED) is 0.896. The van der Waals surface area contributed by atoms with Gasteiger partial charge < -0.3 is 19.7 Å². The molecule has 2 fully saturated rings. The van der Waals surface area contributed by atoms with Gasteiger partial charge in [0, 0.05) is 39.0 Å². The molecule has 2 aliphatic heterocycles. The lowest BCUT2D eigenvalue weighted by molar-refractivity contribution is 0.0302. The number of hydrogen-bond acceptors (Lipinski definition) is 5. The largest absolute Gasteiger partial charge is 0.381 e. The van der Waals surface area contributed by atoms with Crippen LogP contribution < -0.4 is 5.32 Å². The van der Waals surface area contributed by atoms with E-state index in [-0.39, 0.29) is 5.91 Å². The Labute approximate surface area is 137 Å². The minimum absolute atomic E-state index is 0.0340. The van der Waals surface area contributed by atoms with E-state index >= 15 is 0 Å². The Morgan fingerprint density at radius 2 is 2.13 bits per heavy atom. The second kappa shape index (κ2) is 8.26. The summed E-state index contributed by atoms with van der Waals surface area (Å²) in [4.78, 5) is 18.5. The number of carbonyl (C=O) groups is 1. The third-order valence-corrected chi connectivity index (χ3v) is 4.42. The van der Waals surface area contributed by atoms with Crippen LogP contribution in [0.5, 0.6) is 0 Å². The third kappa shape index (κ3) is 4.65. The summed E-state index contributed by atoms with van der Waals surface area (Å²) >= 11 is 0. The highest BCUT2D eigenvalue weighted by molar-refractivity contribution is 5.94. The molecule has 0 spiro atoms. The van der Waals surface area contributed by atoms with E-state index in [0.29, 0.717) is 37.8 Å². The predicted octanol–water partition coefficient (Wildman–Crippen LogP) is 1.78. The molecule has 126 valence electrons. The Morgan fingerprint density at radius 1 is 1.26 bits per heavy atom. The van der Waals surface area contributed by atoms with Crippen molar-refractivity contribution in [3.63, 3.8) is 0 Å². The predicted molar refractivity (Wildman–Crippen MR) is 87.6 cm³/mol. The molecule has 0 unspecified atom stereocenters. The first kappa shape index (κ1) is 16.2. The van der Waals surface area contributed by atoms with Gasteiger partial charge in [-0.25, -0.2) is 4.98 Å². The minimum atomic E-state index is 0.0340. The van der Waals surface area contributed by atoms with Gasteiger partial charge in [-0.05, 0) is 37.3 Å². The van der Waals surface area contributed by atoms with Crippen LogP contribution in [0.2, 0.25) is 0 Å². The van der Waals surface area contributed by atoms with Crippen molar-refractivity contribution in [2.24, 2.45) is 5.92 Å². The smallest absolute Gasteiger partial charge is 0.255 e. The Kier molecular flexibility index (Phi) is 5.82. The fourth-order valence-electron chi connectivity index (χ4n) is 3.01. The van der Waals surface area contributed by atoms with Crippen molar-refractivity contribution < 1.29 is 14.3 Å². The maximum atomic E-state index is 12.3. The van der Waals surface area contributed by atoms with Crippen molar-refractivity contribution >= 4 is 11.7 Å². The van der Waals surface area contributed by atoms with Crippen molar-refractivity contribution in [2.75, 3.05) is 51.4 Å². The number of ether oxygens (including phenoxy) is 2. The SMILES string of the molecule is O=C(c1ccc(NCC[C@H]2CCCOC2)nc1)N1CCOCC1. The highest BCUT2D eigenvalue weighted by Crippen LogP contribution is 2.17. The molecule has 1 N–H and O–H groups in total. The topological polar surface area (TPSA) is 63.7 Å². The lowest BCUT2D eigenvalue weighted by atomic mass is 9.99. The molecule has 0 aromatic carbocycles. The molecule has 2 aliphatic rings. The molecule has 1 aromatic heterocycles. The maximum Gasteiger partial charge on any atom is 0.255 e. The average Bonchev–Trinajstić information content (AvgIpc) is 2.63. The summed E-state index contributed by atoms with van der Waals surface area (Å²) in [6.45, 7) is 5.21. The van der Waals surface area contributed by atoms with E-state index in [0.717, 1.165) is 32.0 Å². The lowest BCUT2D eigenvalue weighted by Crippen LogP contribution is -2.40. The summed E-state index contributed by atoms with van der Waals surface area (Å²) in [5, 5.41) is 3.33. The molecule has 1 aromatic rings. The van der Waals surface area contributed by atoms with Crippen molar-refractivity contribution in [1.29, 1.82) is 0 Å². The number of anilines is 1. The molecule has 23 heavy (non-hydrogen) atoms. The molecule has 3 rings (SSSR count). The number of hydrogen-bond donors (Lipinski definition) is 1. The highest BCUT2D eigenvalue weighted by Gasteiger charge is 2.18. The van der Waals surface area contributed by atoms with Crippen molar-refractivity contribution in [3.05, 3.63) is 23.9 Å². The molecule has 1 amide bonds. The molecule has 0 aliphatic carbocycles. The first-order chi connectivity index (χ1) is 11.3. The summed E-state index contributed by atoms with van der Waals surface area (Å²) < 4.78 is 10.8. The van der Waals surface area contributed by atoms with E-state index in [1.54, 1.807) is 6.20 Å². The van der Waals surface area contributed by atoms with E-state index in [1.807, 2.05) is 17.0 Å². The van der Waals surface area contributed by atoms with Crippen LogP contribution in [-0.4, -0.2) is 61.9 Å². The van der Waals surface area contributed by atoms with Crippen LogP contribution in [0.4, 0.5) is 5.82 Å². The van der Waals surface area contributed by atoms with Gasteiger partial charge >= 0.3 is 0 Å². The zero-order chi connectivity index (χ0) is 15.9. The number of nitrogens with zero attached hydrogens (tertiary/aromatic N) is 2. The van der Waals surface area contributed by atoms with E-state index in [4.69, 9.17) is 9.47 Å². The zero-order valence-electron chi connectivity index (χ0n) is 13.5. The van der Waals surface area contributed by atoms with Gasteiger partial charge in [0.25, 0.3) is 5.91 Å². The number of pyridine rings is 1. The maximum absolute atomic E-state index is 12.3. The fraction of sp³-hybridized carbons (Fsp3) is 0.647. The standard InChI is InChI=1S/C17H25N3O3/c21-17(20-7-10-22-11-8-20)15-3-4-16(19-12-15)18-6-5-14-2-1-9-23-13-14/h3-4,12,14H,1-2,5-11,13H2,(H,18,19)/t14-/m1/s1. The van der Waals surface area contributed by atoms with E-state index in [1.165, 1.54) is 12.8 Å². The van der Waals surface area contributed by atoms with Crippen LogP contribution in [0, 0.1) is 5.92 Å². The summed E-state index contributed by atoms with van der Waals surface area (Å²) in [6.07, 6.45) is 5.17. The van der Waals surface area contributed by atoms with E-state index in [2.05, 4.69) is 10.3 Å². The number of carbonyl (C=O) groups excluding carboxylic acids is 1. The molecule has 1 atom stereocenters. The molecule has 0 saturated carbocycles. The number of nitrogens with one attached hydrogen (secondary N) is 1. The molecule has 6 nitrogen and oxygen atoms in total. The van der Waals surface area contributed by atoms with Gasteiger partial charge in [-0.2, -0.15) is 0 Å². The second-order valence-corrected chi connectivity index (χ2v) is 6.14. The van der Waals surface area contributed by atoms with Crippen LogP contribution in [0.15, 0.2) is 18.3 Å². The van der Waals surface area contributed by atoms with Crippen molar-refractivity contribution in [3.8, 4) is 0 Å². The summed E-state index contributed by atoms with van der Waals surface area (Å²) in [5.74, 6) is 1.50. The Balaban J connectivity index is 1.45. The van der Waals surface area contributed by atoms with Gasteiger partial charge in [0.1, 0.15) is 5.82 Å². The minimum Gasteiger partial charge on any atom is -0.381 e. The van der Waals surface area contributed by atoms with Gasteiger partial charge in [0.2, 0.25) is 0 Å². The first-order valence-electron chi connectivity index (χ1n) is 8.47. The number of aromatic nitrogens is 1. The van der Waals surface area contributed by atoms with Crippen molar-refractivity contribution in [2.45, 2.75) is 19.3 Å². The van der Waals surface area contributed by atoms with E-state index < -0.39 is 0 Å². The fourth-order valence-corrected chi connectivity index (χ4v) is 3.01. The molecule has 3 heterocycles. The number of rotatable bonds is 5. The average molecular weight is 319 g/mol. The van der Waals surface area contributed by atoms with Crippen LogP contribution in [0.1, 0.15) is 29.6 Å². The summed E-state index contributed by atoms with van der Waals surface area (Å²) in [5.41, 5.74) is 0.637. The van der Waals surface area contributed by atoms with Crippen LogP contribution in [0.25, 0.3) is 0 Å². The summed E-state index contributed by atoms with van der Waals surface area (Å²) in [7, 11) is 0. The first-order valence-corrected chi connectivity index (χ1v) is 8.47. The van der Waals surface area contributed by atoms with Gasteiger partial charge in [0.05, 0.1) is 18.8 Å². The van der Waals surface area contributed by atoms with Crippen LogP contribution in [0.3, 0.4) is 0 Å². The monoisotopic (exact) mass is 319 g/mol. The molecule has 0 bridgehead atoms. The number of morpholine rings is 1. The van der Waals surface area contributed by atoms with Crippen LogP contribution in [-0.2, 0) is 9.47 Å².